The number of Topliss-reactive ketones (excluding diaryl/α,β-unsaturated/α-hetero) is 1. The molecule has 5 nitrogen and oxygen atoms in total. The van der Waals surface area contributed by atoms with Gasteiger partial charge in [-0.3, -0.25) is 4.79 Å². The van der Waals surface area contributed by atoms with Crippen molar-refractivity contribution >= 4 is 40.0 Å². The third-order valence-electron chi connectivity index (χ3n) is 6.37. The molecule has 2 aliphatic rings. The first-order chi connectivity index (χ1) is 17.4. The molecule has 0 amide bonds. The summed E-state index contributed by atoms with van der Waals surface area (Å²) in [6.07, 6.45) is 0. The summed E-state index contributed by atoms with van der Waals surface area (Å²) in [5, 5.41) is 3.30. The van der Waals surface area contributed by atoms with E-state index in [0.29, 0.717) is 33.7 Å². The van der Waals surface area contributed by atoms with Gasteiger partial charge in [0.2, 0.25) is 0 Å². The van der Waals surface area contributed by atoms with Crippen LogP contribution in [0.15, 0.2) is 83.6 Å². The lowest BCUT2D eigenvalue weighted by atomic mass is 9.80. The standard InChI is InChI=1S/C29H23FINO4/c1-3-35-29(34)24-16(2)32-27-19-9-5-6-10-20(19)28(33)26(27)25(24)17-12-13-23(22(31)14-17)36-15-18-8-4-7-11-21(18)30/h4-14,25,32H,3,15H2,1-2H3/t25-/m1/s1. The number of carbonyl (C=O) groups excluding carboxylic acids is 2. The van der Waals surface area contributed by atoms with Crippen molar-refractivity contribution in [3.8, 4) is 5.75 Å². The minimum atomic E-state index is -0.602. The molecule has 36 heavy (non-hydrogen) atoms. The number of esters is 1. The zero-order valence-corrected chi connectivity index (χ0v) is 21.9. The van der Waals surface area contributed by atoms with E-state index in [9.17, 15) is 14.0 Å². The van der Waals surface area contributed by atoms with Crippen molar-refractivity contribution in [1.82, 2.24) is 5.32 Å². The monoisotopic (exact) mass is 595 g/mol. The van der Waals surface area contributed by atoms with E-state index in [2.05, 4.69) is 27.9 Å². The number of rotatable bonds is 6. The number of fused-ring (bicyclic) bond motifs is 2. The van der Waals surface area contributed by atoms with Gasteiger partial charge in [0.05, 0.1) is 21.4 Å². The predicted molar refractivity (Wildman–Crippen MR) is 143 cm³/mol. The number of hydrogen-bond donors (Lipinski definition) is 1. The fourth-order valence-electron chi connectivity index (χ4n) is 4.73. The smallest absolute Gasteiger partial charge is 0.336 e. The number of allylic oxidation sites excluding steroid dienone is 2. The quantitative estimate of drug-likeness (QED) is 0.274. The zero-order chi connectivity index (χ0) is 25.4. The van der Waals surface area contributed by atoms with Crippen LogP contribution in [-0.2, 0) is 16.1 Å². The normalized spacial score (nSPS) is 16.4. The van der Waals surface area contributed by atoms with Crippen LogP contribution in [0.3, 0.4) is 0 Å². The molecule has 0 saturated heterocycles. The summed E-state index contributed by atoms with van der Waals surface area (Å²) in [6.45, 7) is 3.89. The number of carbonyl (C=O) groups is 2. The lowest BCUT2D eigenvalue weighted by Crippen LogP contribution is -2.29. The van der Waals surface area contributed by atoms with E-state index in [1.165, 1.54) is 6.07 Å². The molecule has 1 heterocycles. The largest absolute Gasteiger partial charge is 0.488 e. The maximum atomic E-state index is 14.0. The third-order valence-corrected chi connectivity index (χ3v) is 7.22. The average molecular weight is 595 g/mol. The number of dihydropyridines is 1. The molecular weight excluding hydrogens is 572 g/mol. The van der Waals surface area contributed by atoms with Gasteiger partial charge in [-0.05, 0) is 60.2 Å². The Labute approximate surface area is 222 Å². The van der Waals surface area contributed by atoms with Crippen LogP contribution in [0.5, 0.6) is 5.75 Å². The van der Waals surface area contributed by atoms with E-state index in [4.69, 9.17) is 9.47 Å². The lowest BCUT2D eigenvalue weighted by Gasteiger charge is -2.29. The Hall–Kier alpha value is -3.46. The molecule has 0 spiro atoms. The van der Waals surface area contributed by atoms with E-state index in [1.54, 1.807) is 37.3 Å². The molecule has 0 fully saturated rings. The third kappa shape index (κ3) is 4.21. The van der Waals surface area contributed by atoms with Crippen LogP contribution in [0.4, 0.5) is 4.39 Å². The van der Waals surface area contributed by atoms with Crippen LogP contribution in [0.1, 0.15) is 46.8 Å². The summed E-state index contributed by atoms with van der Waals surface area (Å²) < 4.78 is 26.1. The highest BCUT2D eigenvalue weighted by atomic mass is 127. The second-order valence-corrected chi connectivity index (χ2v) is 9.71. The van der Waals surface area contributed by atoms with Gasteiger partial charge in [-0.25, -0.2) is 9.18 Å². The number of ketones is 1. The van der Waals surface area contributed by atoms with Crippen molar-refractivity contribution in [2.75, 3.05) is 6.61 Å². The first kappa shape index (κ1) is 24.2. The van der Waals surface area contributed by atoms with Gasteiger partial charge in [0.1, 0.15) is 18.2 Å². The molecule has 0 radical (unpaired) electrons. The Morgan fingerprint density at radius 2 is 1.78 bits per heavy atom. The first-order valence-electron chi connectivity index (χ1n) is 11.6. The summed E-state index contributed by atoms with van der Waals surface area (Å²) in [5.74, 6) is -0.906. The van der Waals surface area contributed by atoms with Crippen LogP contribution >= 0.6 is 22.6 Å². The van der Waals surface area contributed by atoms with Gasteiger partial charge in [0, 0.05) is 33.9 Å². The minimum absolute atomic E-state index is 0.0888. The van der Waals surface area contributed by atoms with Gasteiger partial charge in [0.15, 0.2) is 5.78 Å². The van der Waals surface area contributed by atoms with Crippen molar-refractivity contribution in [2.24, 2.45) is 0 Å². The molecule has 0 saturated carbocycles. The second-order valence-electron chi connectivity index (χ2n) is 8.55. The maximum Gasteiger partial charge on any atom is 0.336 e. The van der Waals surface area contributed by atoms with Gasteiger partial charge in [-0.15, -0.1) is 0 Å². The molecule has 0 unspecified atom stereocenters. The van der Waals surface area contributed by atoms with E-state index >= 15 is 0 Å². The fourth-order valence-corrected chi connectivity index (χ4v) is 5.42. The van der Waals surface area contributed by atoms with Crippen molar-refractivity contribution in [1.29, 1.82) is 0 Å². The summed E-state index contributed by atoms with van der Waals surface area (Å²) in [7, 11) is 0. The Morgan fingerprint density at radius 3 is 2.50 bits per heavy atom. The van der Waals surface area contributed by atoms with Crippen LogP contribution in [-0.4, -0.2) is 18.4 Å². The number of ether oxygens (including phenoxy) is 2. The molecule has 0 bridgehead atoms. The van der Waals surface area contributed by atoms with E-state index in [1.807, 2.05) is 37.3 Å². The topological polar surface area (TPSA) is 64.6 Å². The Bertz CT molecular complexity index is 1460. The van der Waals surface area contributed by atoms with Crippen molar-refractivity contribution < 1.29 is 23.5 Å². The first-order valence-corrected chi connectivity index (χ1v) is 12.7. The SMILES string of the molecule is CCOC(=O)C1=C(C)NC2=C(C(=O)c3ccccc32)[C@@H]1c1ccc(OCc2ccccc2F)c(I)c1. The molecule has 1 atom stereocenters. The molecule has 3 aromatic rings. The summed E-state index contributed by atoms with van der Waals surface area (Å²) >= 11 is 2.16. The number of halogens is 2. The minimum Gasteiger partial charge on any atom is -0.488 e. The van der Waals surface area contributed by atoms with Gasteiger partial charge in [-0.2, -0.15) is 0 Å². The molecule has 3 aromatic carbocycles. The molecule has 182 valence electrons. The molecule has 1 aliphatic carbocycles. The zero-order valence-electron chi connectivity index (χ0n) is 19.7. The van der Waals surface area contributed by atoms with Crippen molar-refractivity contribution in [3.63, 3.8) is 0 Å². The summed E-state index contributed by atoms with van der Waals surface area (Å²) in [6, 6.07) is 19.5. The molecule has 1 aliphatic heterocycles. The molecule has 0 aromatic heterocycles. The number of benzene rings is 3. The van der Waals surface area contributed by atoms with Crippen molar-refractivity contribution in [2.45, 2.75) is 26.4 Å². The average Bonchev–Trinajstić information content (AvgIpc) is 3.15. The van der Waals surface area contributed by atoms with Crippen LogP contribution in [0, 0.1) is 9.39 Å². The summed E-state index contributed by atoms with van der Waals surface area (Å²) in [5.41, 5.74) is 4.98. The van der Waals surface area contributed by atoms with Gasteiger partial charge < -0.3 is 14.8 Å². The van der Waals surface area contributed by atoms with Crippen LogP contribution in [0.2, 0.25) is 0 Å². The van der Waals surface area contributed by atoms with Crippen LogP contribution in [0.25, 0.3) is 5.70 Å². The number of hydrogen-bond acceptors (Lipinski definition) is 5. The van der Waals surface area contributed by atoms with E-state index < -0.39 is 11.9 Å². The van der Waals surface area contributed by atoms with Crippen LogP contribution < -0.4 is 10.1 Å². The highest BCUT2D eigenvalue weighted by Crippen LogP contribution is 2.47. The van der Waals surface area contributed by atoms with Gasteiger partial charge in [0.25, 0.3) is 0 Å². The van der Waals surface area contributed by atoms with Gasteiger partial charge in [-0.1, -0.05) is 48.5 Å². The Morgan fingerprint density at radius 1 is 1.06 bits per heavy atom. The van der Waals surface area contributed by atoms with Crippen molar-refractivity contribution in [3.05, 3.63) is 115 Å². The highest BCUT2D eigenvalue weighted by molar-refractivity contribution is 14.1. The van der Waals surface area contributed by atoms with E-state index in [-0.39, 0.29) is 24.8 Å². The molecule has 1 N–H and O–H groups in total. The van der Waals surface area contributed by atoms with Gasteiger partial charge >= 0.3 is 5.97 Å². The predicted octanol–water partition coefficient (Wildman–Crippen LogP) is 6.14. The highest BCUT2D eigenvalue weighted by Gasteiger charge is 2.43. The Balaban J connectivity index is 1.55. The maximum absolute atomic E-state index is 14.0. The Kier molecular flexibility index (Phi) is 6.66. The summed E-state index contributed by atoms with van der Waals surface area (Å²) in [4.78, 5) is 26.6. The second kappa shape index (κ2) is 9.89. The molecule has 7 heteroatoms. The molecular formula is C29H23FINO4. The van der Waals surface area contributed by atoms with E-state index in [0.717, 1.165) is 20.4 Å². The lowest BCUT2D eigenvalue weighted by molar-refractivity contribution is -0.138. The fraction of sp³-hybridized carbons (Fsp3) is 0.172. The molecule has 5 rings (SSSR count). The number of nitrogens with one attached hydrogen (secondary N) is 1.